The molecular weight excluding hydrogens is 432 g/mol. The molecule has 4 nitrogen and oxygen atoms in total. The molecular formula is C31H40N2O2. The highest BCUT2D eigenvalue weighted by molar-refractivity contribution is 5.61. The molecule has 1 aliphatic heterocycles. The van der Waals surface area contributed by atoms with Crippen LogP contribution in [0.1, 0.15) is 55.2 Å². The molecule has 3 aromatic rings. The van der Waals surface area contributed by atoms with E-state index in [1.807, 2.05) is 0 Å². The van der Waals surface area contributed by atoms with E-state index in [4.69, 9.17) is 4.74 Å². The van der Waals surface area contributed by atoms with Gasteiger partial charge in [-0.05, 0) is 53.5 Å². The first-order valence-electron chi connectivity index (χ1n) is 12.9. The van der Waals surface area contributed by atoms with Crippen LogP contribution in [0.5, 0.6) is 5.75 Å². The first-order chi connectivity index (χ1) is 17.1. The number of hydrogen-bond donors (Lipinski definition) is 2. The average Bonchev–Trinajstić information content (AvgIpc) is 3.32. The van der Waals surface area contributed by atoms with Gasteiger partial charge >= 0.3 is 0 Å². The van der Waals surface area contributed by atoms with Crippen molar-refractivity contribution in [2.75, 3.05) is 32.2 Å². The van der Waals surface area contributed by atoms with E-state index < -0.39 is 0 Å². The minimum absolute atomic E-state index is 0.179. The van der Waals surface area contributed by atoms with Crippen LogP contribution in [0.3, 0.4) is 0 Å². The van der Waals surface area contributed by atoms with Crippen LogP contribution in [0.25, 0.3) is 0 Å². The second-order valence-electron chi connectivity index (χ2n) is 9.85. The molecule has 1 heterocycles. The molecule has 2 N–H and O–H groups in total. The summed E-state index contributed by atoms with van der Waals surface area (Å²) >= 11 is 0. The molecule has 0 aliphatic carbocycles. The van der Waals surface area contributed by atoms with Crippen molar-refractivity contribution < 1.29 is 9.84 Å². The van der Waals surface area contributed by atoms with Crippen LogP contribution in [-0.4, -0.2) is 44.5 Å². The fourth-order valence-corrected chi connectivity index (χ4v) is 5.75. The van der Waals surface area contributed by atoms with Gasteiger partial charge in [0.15, 0.2) is 0 Å². The number of rotatable bonds is 10. The van der Waals surface area contributed by atoms with Gasteiger partial charge in [0.25, 0.3) is 0 Å². The number of likely N-dealkylation sites (N-methyl/N-ethyl adjacent to an activating group) is 1. The van der Waals surface area contributed by atoms with E-state index in [2.05, 4.69) is 110 Å². The van der Waals surface area contributed by atoms with Crippen LogP contribution in [0.4, 0.5) is 5.69 Å². The van der Waals surface area contributed by atoms with Crippen LogP contribution in [-0.2, 0) is 0 Å². The first-order valence-corrected chi connectivity index (χ1v) is 12.9. The molecule has 0 saturated carbocycles. The first kappa shape index (κ1) is 25.3. The van der Waals surface area contributed by atoms with Crippen LogP contribution >= 0.6 is 0 Å². The number of aliphatic hydroxyl groups is 1. The Hall–Kier alpha value is -2.82. The van der Waals surface area contributed by atoms with Crippen molar-refractivity contribution in [3.63, 3.8) is 0 Å². The topological polar surface area (TPSA) is 44.7 Å². The van der Waals surface area contributed by atoms with E-state index in [9.17, 15) is 5.11 Å². The molecule has 4 unspecified atom stereocenters. The zero-order chi connectivity index (χ0) is 24.8. The largest absolute Gasteiger partial charge is 0.495 e. The summed E-state index contributed by atoms with van der Waals surface area (Å²) in [5.41, 5.74) is 5.06. The molecule has 0 radical (unpaired) electrons. The third-order valence-electron chi connectivity index (χ3n) is 7.85. The smallest absolute Gasteiger partial charge is 0.142 e. The molecule has 0 bridgehead atoms. The Labute approximate surface area is 211 Å². The van der Waals surface area contributed by atoms with E-state index in [-0.39, 0.29) is 24.6 Å². The molecule has 3 aromatic carbocycles. The van der Waals surface area contributed by atoms with Gasteiger partial charge in [-0.1, -0.05) is 80.6 Å². The number of ether oxygens (including phenoxy) is 1. The van der Waals surface area contributed by atoms with Crippen molar-refractivity contribution in [2.45, 2.75) is 50.6 Å². The van der Waals surface area contributed by atoms with Gasteiger partial charge in [-0.3, -0.25) is 0 Å². The summed E-state index contributed by atoms with van der Waals surface area (Å²) in [5, 5.41) is 13.8. The molecule has 0 spiro atoms. The predicted molar refractivity (Wildman–Crippen MR) is 146 cm³/mol. The molecule has 4 rings (SSSR count). The van der Waals surface area contributed by atoms with Gasteiger partial charge in [0, 0.05) is 38.2 Å². The molecule has 1 fully saturated rings. The second-order valence-corrected chi connectivity index (χ2v) is 9.85. The number of anilines is 1. The quantitative estimate of drug-likeness (QED) is 0.390. The van der Waals surface area contributed by atoms with Crippen molar-refractivity contribution in [3.8, 4) is 5.75 Å². The van der Waals surface area contributed by atoms with Gasteiger partial charge in [0.2, 0.25) is 0 Å². The van der Waals surface area contributed by atoms with Gasteiger partial charge < -0.3 is 20.1 Å². The molecule has 186 valence electrons. The Morgan fingerprint density at radius 3 is 2.14 bits per heavy atom. The van der Waals surface area contributed by atoms with E-state index in [0.29, 0.717) is 11.8 Å². The average molecular weight is 473 g/mol. The standard InChI is InChI=1S/C31H40N2O2/c1-5-22(2)25-16-17-28(35-4)27(20-25)33(3)31-26(18-19-34)21-32-30(31)29(23-12-8-6-9-13-23)24-14-10-7-11-15-24/h6-17,20,22,26,29-32,34H,5,18-19,21H2,1-4H3. The summed E-state index contributed by atoms with van der Waals surface area (Å²) < 4.78 is 5.84. The predicted octanol–water partition coefficient (Wildman–Crippen LogP) is 5.82. The Morgan fingerprint density at radius 2 is 1.60 bits per heavy atom. The van der Waals surface area contributed by atoms with E-state index in [1.165, 1.54) is 16.7 Å². The lowest BCUT2D eigenvalue weighted by Gasteiger charge is -2.39. The zero-order valence-corrected chi connectivity index (χ0v) is 21.5. The molecule has 0 aromatic heterocycles. The van der Waals surface area contributed by atoms with Gasteiger partial charge in [-0.2, -0.15) is 0 Å². The lowest BCUT2D eigenvalue weighted by molar-refractivity contribution is 0.251. The minimum Gasteiger partial charge on any atom is -0.495 e. The number of nitrogens with one attached hydrogen (secondary N) is 1. The van der Waals surface area contributed by atoms with Gasteiger partial charge in [-0.15, -0.1) is 0 Å². The lowest BCUT2D eigenvalue weighted by Crippen LogP contribution is -2.48. The van der Waals surface area contributed by atoms with E-state index in [1.54, 1.807) is 7.11 Å². The van der Waals surface area contributed by atoms with Gasteiger partial charge in [0.1, 0.15) is 5.75 Å². The molecule has 1 saturated heterocycles. The van der Waals surface area contributed by atoms with Crippen molar-refractivity contribution >= 4 is 5.69 Å². The molecule has 0 amide bonds. The van der Waals surface area contributed by atoms with Crippen LogP contribution in [0, 0.1) is 5.92 Å². The Balaban J connectivity index is 1.80. The number of aliphatic hydroxyl groups excluding tert-OH is 1. The maximum atomic E-state index is 9.93. The van der Waals surface area contributed by atoms with Crippen molar-refractivity contribution in [3.05, 3.63) is 95.6 Å². The molecule has 4 heteroatoms. The maximum Gasteiger partial charge on any atom is 0.142 e. The number of hydrogen-bond acceptors (Lipinski definition) is 4. The van der Waals surface area contributed by atoms with Crippen LogP contribution in [0.15, 0.2) is 78.9 Å². The second kappa shape index (κ2) is 11.7. The van der Waals surface area contributed by atoms with Crippen LogP contribution < -0.4 is 15.0 Å². The minimum atomic E-state index is 0.179. The van der Waals surface area contributed by atoms with Crippen molar-refractivity contribution in [2.24, 2.45) is 5.92 Å². The van der Waals surface area contributed by atoms with E-state index >= 15 is 0 Å². The van der Waals surface area contributed by atoms with Crippen molar-refractivity contribution in [1.82, 2.24) is 5.32 Å². The highest BCUT2D eigenvalue weighted by Gasteiger charge is 2.43. The summed E-state index contributed by atoms with van der Waals surface area (Å²) in [7, 11) is 3.95. The molecule has 4 atom stereocenters. The third-order valence-corrected chi connectivity index (χ3v) is 7.85. The third kappa shape index (κ3) is 5.39. The van der Waals surface area contributed by atoms with Crippen molar-refractivity contribution in [1.29, 1.82) is 0 Å². The summed E-state index contributed by atoms with van der Waals surface area (Å²) in [5.74, 6) is 1.89. The Morgan fingerprint density at radius 1 is 0.971 bits per heavy atom. The highest BCUT2D eigenvalue weighted by atomic mass is 16.5. The summed E-state index contributed by atoms with van der Waals surface area (Å²) in [6, 6.07) is 28.6. The fourth-order valence-electron chi connectivity index (χ4n) is 5.75. The summed E-state index contributed by atoms with van der Waals surface area (Å²) in [6.07, 6.45) is 1.86. The zero-order valence-electron chi connectivity index (χ0n) is 21.5. The Kier molecular flexibility index (Phi) is 8.48. The number of methoxy groups -OCH3 is 1. The normalized spacial score (nSPS) is 20.7. The Bertz CT molecular complexity index is 1020. The summed E-state index contributed by atoms with van der Waals surface area (Å²) in [6.45, 7) is 5.58. The van der Waals surface area contributed by atoms with E-state index in [0.717, 1.165) is 30.8 Å². The number of benzene rings is 3. The molecule has 35 heavy (non-hydrogen) atoms. The highest BCUT2D eigenvalue weighted by Crippen LogP contribution is 2.41. The van der Waals surface area contributed by atoms with Gasteiger partial charge in [0.05, 0.1) is 12.8 Å². The lowest BCUT2D eigenvalue weighted by atomic mass is 9.79. The maximum absolute atomic E-state index is 9.93. The van der Waals surface area contributed by atoms with Gasteiger partial charge in [-0.25, -0.2) is 0 Å². The van der Waals surface area contributed by atoms with Crippen LogP contribution in [0.2, 0.25) is 0 Å². The number of nitrogens with zero attached hydrogens (tertiary/aromatic N) is 1. The monoisotopic (exact) mass is 472 g/mol. The fraction of sp³-hybridized carbons (Fsp3) is 0.419. The SMILES string of the molecule is CCC(C)c1ccc(OC)c(N(C)C2C(CCO)CNC2C(c2ccccc2)c2ccccc2)c1. The summed E-state index contributed by atoms with van der Waals surface area (Å²) in [4.78, 5) is 2.41. The molecule has 1 aliphatic rings.